The number of carboxylic acids is 1. The molecule has 0 fully saturated rings. The van der Waals surface area contributed by atoms with E-state index < -0.39 is 17.9 Å². The van der Waals surface area contributed by atoms with Crippen molar-refractivity contribution in [2.24, 2.45) is 0 Å². The highest BCUT2D eigenvalue weighted by Crippen LogP contribution is 2.31. The maximum Gasteiger partial charge on any atom is 0.330 e. The predicted molar refractivity (Wildman–Crippen MR) is 123 cm³/mol. The molecule has 1 aromatic heterocycles. The standard InChI is InChI=1S/C26H24N2O4/c1-17-23(25(29)27-24(26(30)31)19-11-7-4-8-12-19)21-15-20(32-2)13-14-22(21)28(17)16-18-9-5-3-6-10-18/h3-15,24H,16H2,1-2H3,(H,27,29)(H,30,31). The molecule has 2 N–H and O–H groups in total. The number of carbonyl (C=O) groups excluding carboxylic acids is 1. The number of rotatable bonds is 7. The van der Waals surface area contributed by atoms with Gasteiger partial charge in [-0.15, -0.1) is 0 Å². The van der Waals surface area contributed by atoms with E-state index in [2.05, 4.69) is 9.88 Å². The van der Waals surface area contributed by atoms with Crippen LogP contribution in [0.4, 0.5) is 0 Å². The summed E-state index contributed by atoms with van der Waals surface area (Å²) >= 11 is 0. The molecule has 6 nitrogen and oxygen atoms in total. The minimum Gasteiger partial charge on any atom is -0.497 e. The van der Waals surface area contributed by atoms with E-state index >= 15 is 0 Å². The van der Waals surface area contributed by atoms with E-state index in [4.69, 9.17) is 4.74 Å². The van der Waals surface area contributed by atoms with Crippen LogP contribution in [0.5, 0.6) is 5.75 Å². The van der Waals surface area contributed by atoms with E-state index in [1.165, 1.54) is 0 Å². The SMILES string of the molecule is COc1ccc2c(c1)c(C(=O)NC(C(=O)O)c1ccccc1)c(C)n2Cc1ccccc1. The van der Waals surface area contributed by atoms with Gasteiger partial charge in [0.05, 0.1) is 12.7 Å². The first-order valence-electron chi connectivity index (χ1n) is 10.3. The molecule has 0 aliphatic rings. The van der Waals surface area contributed by atoms with Crippen LogP contribution in [-0.4, -0.2) is 28.7 Å². The summed E-state index contributed by atoms with van der Waals surface area (Å²) < 4.78 is 7.44. The van der Waals surface area contributed by atoms with Gasteiger partial charge in [-0.2, -0.15) is 0 Å². The number of aromatic nitrogens is 1. The Bertz CT molecular complexity index is 1260. The molecule has 0 radical (unpaired) electrons. The molecule has 4 rings (SSSR count). The van der Waals surface area contributed by atoms with Crippen LogP contribution in [0, 0.1) is 6.92 Å². The van der Waals surface area contributed by atoms with E-state index in [0.717, 1.165) is 16.8 Å². The Hall–Kier alpha value is -4.06. The number of nitrogens with zero attached hydrogens (tertiary/aromatic N) is 1. The fourth-order valence-electron chi connectivity index (χ4n) is 3.98. The topological polar surface area (TPSA) is 80.6 Å². The number of aliphatic carboxylic acids is 1. The molecular weight excluding hydrogens is 404 g/mol. The zero-order chi connectivity index (χ0) is 22.7. The summed E-state index contributed by atoms with van der Waals surface area (Å²) in [6, 6.07) is 23.1. The minimum absolute atomic E-state index is 0.441. The summed E-state index contributed by atoms with van der Waals surface area (Å²) in [6.45, 7) is 2.46. The lowest BCUT2D eigenvalue weighted by Gasteiger charge is -2.15. The van der Waals surface area contributed by atoms with Crippen molar-refractivity contribution in [3.63, 3.8) is 0 Å². The molecule has 3 aromatic carbocycles. The highest BCUT2D eigenvalue weighted by molar-refractivity contribution is 6.09. The van der Waals surface area contributed by atoms with Gasteiger partial charge in [0.25, 0.3) is 5.91 Å². The summed E-state index contributed by atoms with van der Waals surface area (Å²) in [7, 11) is 1.57. The molecule has 1 unspecified atom stereocenters. The van der Waals surface area contributed by atoms with Gasteiger partial charge < -0.3 is 19.7 Å². The van der Waals surface area contributed by atoms with E-state index in [1.54, 1.807) is 37.4 Å². The quantitative estimate of drug-likeness (QED) is 0.452. The van der Waals surface area contributed by atoms with Crippen molar-refractivity contribution >= 4 is 22.8 Å². The molecule has 0 spiro atoms. The highest BCUT2D eigenvalue weighted by Gasteiger charge is 2.26. The summed E-state index contributed by atoms with van der Waals surface area (Å²) in [6.07, 6.45) is 0. The van der Waals surface area contributed by atoms with E-state index in [1.807, 2.05) is 55.5 Å². The van der Waals surface area contributed by atoms with Gasteiger partial charge in [0, 0.05) is 23.1 Å². The molecule has 0 aliphatic carbocycles. The van der Waals surface area contributed by atoms with E-state index in [0.29, 0.717) is 28.8 Å². The maximum absolute atomic E-state index is 13.4. The van der Waals surface area contributed by atoms with Gasteiger partial charge in [0.2, 0.25) is 0 Å². The monoisotopic (exact) mass is 428 g/mol. The highest BCUT2D eigenvalue weighted by atomic mass is 16.5. The van der Waals surface area contributed by atoms with Gasteiger partial charge in [-0.3, -0.25) is 4.79 Å². The van der Waals surface area contributed by atoms with Crippen LogP contribution in [0.2, 0.25) is 0 Å². The first-order valence-corrected chi connectivity index (χ1v) is 10.3. The number of benzene rings is 3. The van der Waals surface area contributed by atoms with Crippen molar-refractivity contribution in [1.29, 1.82) is 0 Å². The van der Waals surface area contributed by atoms with E-state index in [9.17, 15) is 14.7 Å². The first-order chi connectivity index (χ1) is 15.5. The summed E-state index contributed by atoms with van der Waals surface area (Å²) in [5.74, 6) is -0.933. The van der Waals surface area contributed by atoms with Crippen LogP contribution in [0.15, 0.2) is 78.9 Å². The van der Waals surface area contributed by atoms with Gasteiger partial charge in [-0.05, 0) is 36.2 Å². The van der Waals surface area contributed by atoms with Gasteiger partial charge in [-0.25, -0.2) is 4.79 Å². The smallest absolute Gasteiger partial charge is 0.330 e. The third kappa shape index (κ3) is 4.07. The number of methoxy groups -OCH3 is 1. The normalized spacial score (nSPS) is 11.8. The van der Waals surface area contributed by atoms with Crippen molar-refractivity contribution < 1.29 is 19.4 Å². The second-order valence-electron chi connectivity index (χ2n) is 7.57. The molecule has 32 heavy (non-hydrogen) atoms. The Labute approximate surface area is 186 Å². The summed E-state index contributed by atoms with van der Waals surface area (Å²) in [4.78, 5) is 25.3. The summed E-state index contributed by atoms with van der Waals surface area (Å²) in [5.41, 5.74) is 3.69. The third-order valence-electron chi connectivity index (χ3n) is 5.60. The molecule has 1 amide bonds. The second kappa shape index (κ2) is 8.98. The van der Waals surface area contributed by atoms with Gasteiger partial charge in [0.15, 0.2) is 6.04 Å². The van der Waals surface area contributed by atoms with E-state index in [-0.39, 0.29) is 0 Å². The van der Waals surface area contributed by atoms with Crippen molar-refractivity contribution in [3.8, 4) is 5.75 Å². The molecule has 162 valence electrons. The molecule has 0 bridgehead atoms. The Morgan fingerprint density at radius 3 is 2.28 bits per heavy atom. The number of carbonyl (C=O) groups is 2. The largest absolute Gasteiger partial charge is 0.497 e. The zero-order valence-electron chi connectivity index (χ0n) is 17.9. The molecule has 4 aromatic rings. The molecular formula is C26H24N2O4. The summed E-state index contributed by atoms with van der Waals surface area (Å²) in [5, 5.41) is 13.2. The lowest BCUT2D eigenvalue weighted by atomic mass is 10.1. The zero-order valence-corrected chi connectivity index (χ0v) is 17.9. The molecule has 6 heteroatoms. The van der Waals surface area contributed by atoms with Crippen LogP contribution in [0.1, 0.15) is 33.2 Å². The Morgan fingerprint density at radius 2 is 1.66 bits per heavy atom. The maximum atomic E-state index is 13.4. The van der Waals surface area contributed by atoms with Crippen molar-refractivity contribution in [3.05, 3.63) is 101 Å². The molecule has 1 atom stereocenters. The lowest BCUT2D eigenvalue weighted by Crippen LogP contribution is -2.34. The fourth-order valence-corrected chi connectivity index (χ4v) is 3.98. The van der Waals surface area contributed by atoms with Crippen LogP contribution in [0.25, 0.3) is 10.9 Å². The van der Waals surface area contributed by atoms with Crippen molar-refractivity contribution in [2.75, 3.05) is 7.11 Å². The van der Waals surface area contributed by atoms with Gasteiger partial charge in [-0.1, -0.05) is 60.7 Å². The Kier molecular flexibility index (Phi) is 5.94. The Morgan fingerprint density at radius 1 is 1.00 bits per heavy atom. The number of nitrogens with one attached hydrogen (secondary N) is 1. The lowest BCUT2D eigenvalue weighted by molar-refractivity contribution is -0.139. The molecule has 0 aliphatic heterocycles. The number of hydrogen-bond donors (Lipinski definition) is 2. The Balaban J connectivity index is 1.79. The van der Waals surface area contributed by atoms with Gasteiger partial charge >= 0.3 is 5.97 Å². The van der Waals surface area contributed by atoms with Crippen LogP contribution < -0.4 is 10.1 Å². The molecule has 0 saturated heterocycles. The second-order valence-corrected chi connectivity index (χ2v) is 7.57. The number of fused-ring (bicyclic) bond motifs is 1. The van der Waals surface area contributed by atoms with Crippen molar-refractivity contribution in [1.82, 2.24) is 9.88 Å². The van der Waals surface area contributed by atoms with Crippen LogP contribution in [0.3, 0.4) is 0 Å². The number of hydrogen-bond acceptors (Lipinski definition) is 3. The first kappa shape index (κ1) is 21.2. The molecule has 1 heterocycles. The van der Waals surface area contributed by atoms with Crippen molar-refractivity contribution in [2.45, 2.75) is 19.5 Å². The predicted octanol–water partition coefficient (Wildman–Crippen LogP) is 4.56. The number of amides is 1. The number of carboxylic acid groups (broad SMARTS) is 1. The third-order valence-corrected chi connectivity index (χ3v) is 5.60. The average Bonchev–Trinajstić information content (AvgIpc) is 3.08. The van der Waals surface area contributed by atoms with Gasteiger partial charge in [0.1, 0.15) is 5.75 Å². The van der Waals surface area contributed by atoms with Crippen LogP contribution >= 0.6 is 0 Å². The minimum atomic E-state index is -1.15. The molecule has 0 saturated carbocycles. The average molecular weight is 428 g/mol. The fraction of sp³-hybridized carbons (Fsp3) is 0.154. The van der Waals surface area contributed by atoms with Crippen LogP contribution in [-0.2, 0) is 11.3 Å². The number of ether oxygens (including phenoxy) is 1.